The van der Waals surface area contributed by atoms with Gasteiger partial charge in [-0.3, -0.25) is 0 Å². The van der Waals surface area contributed by atoms with Crippen LogP contribution in [0.5, 0.6) is 11.5 Å². The van der Waals surface area contributed by atoms with Gasteiger partial charge < -0.3 is 10.5 Å². The molecular weight excluding hydrogens is 339 g/mol. The van der Waals surface area contributed by atoms with Crippen LogP contribution in [0.2, 0.25) is 0 Å². The van der Waals surface area contributed by atoms with Crippen molar-refractivity contribution in [2.24, 2.45) is 5.73 Å². The van der Waals surface area contributed by atoms with Gasteiger partial charge in [0.2, 0.25) is 0 Å². The third kappa shape index (κ3) is 3.74. The van der Waals surface area contributed by atoms with E-state index in [0.29, 0.717) is 12.3 Å². The molecule has 2 aromatic rings. The normalized spacial score (nSPS) is 13.6. The molecule has 0 spiro atoms. The van der Waals surface area contributed by atoms with Crippen molar-refractivity contribution in [2.75, 3.05) is 6.54 Å². The average molecular weight is 356 g/mol. The first-order valence-corrected chi connectivity index (χ1v) is 7.35. The molecule has 0 bridgehead atoms. The molecule has 0 atom stereocenters. The maximum Gasteiger partial charge on any atom is 0.419 e. The first kappa shape index (κ1) is 18.4. The van der Waals surface area contributed by atoms with E-state index >= 15 is 0 Å². The molecular formula is C18H17ClF3NO. The van der Waals surface area contributed by atoms with Crippen molar-refractivity contribution in [1.82, 2.24) is 0 Å². The lowest BCUT2D eigenvalue weighted by molar-refractivity contribution is -0.138. The van der Waals surface area contributed by atoms with Crippen LogP contribution >= 0.6 is 12.4 Å². The fourth-order valence-electron chi connectivity index (χ4n) is 2.78. The van der Waals surface area contributed by atoms with Crippen molar-refractivity contribution in [3.05, 3.63) is 65.2 Å². The molecule has 24 heavy (non-hydrogen) atoms. The van der Waals surface area contributed by atoms with Gasteiger partial charge in [-0.1, -0.05) is 24.3 Å². The quantitative estimate of drug-likeness (QED) is 0.820. The molecule has 1 aliphatic rings. The Morgan fingerprint density at radius 1 is 1.08 bits per heavy atom. The largest absolute Gasteiger partial charge is 0.457 e. The molecule has 0 amide bonds. The molecule has 0 radical (unpaired) electrons. The van der Waals surface area contributed by atoms with Gasteiger partial charge in [0.25, 0.3) is 0 Å². The van der Waals surface area contributed by atoms with E-state index < -0.39 is 11.7 Å². The van der Waals surface area contributed by atoms with E-state index in [1.54, 1.807) is 12.1 Å². The smallest absolute Gasteiger partial charge is 0.419 e. The number of aryl methyl sites for hydroxylation is 1. The van der Waals surface area contributed by atoms with Gasteiger partial charge >= 0.3 is 6.18 Å². The second kappa shape index (κ2) is 7.28. The maximum atomic E-state index is 13.0. The molecule has 128 valence electrons. The number of fused-ring (bicyclic) bond motifs is 1. The number of ether oxygens (including phenoxy) is 1. The summed E-state index contributed by atoms with van der Waals surface area (Å²) in [5.41, 5.74) is 8.11. The monoisotopic (exact) mass is 355 g/mol. The third-order valence-corrected chi connectivity index (χ3v) is 3.87. The third-order valence-electron chi connectivity index (χ3n) is 3.87. The summed E-state index contributed by atoms with van der Waals surface area (Å²) in [6.07, 6.45) is -0.638. The highest BCUT2D eigenvalue weighted by Gasteiger charge is 2.34. The minimum absolute atomic E-state index is 0. The molecule has 0 heterocycles. The van der Waals surface area contributed by atoms with Crippen LogP contribution in [-0.4, -0.2) is 6.54 Å². The Morgan fingerprint density at radius 2 is 1.83 bits per heavy atom. The Balaban J connectivity index is 0.00000208. The molecule has 2 aromatic carbocycles. The molecule has 2 N–H and O–H groups in total. The van der Waals surface area contributed by atoms with E-state index in [0.717, 1.165) is 35.6 Å². The Labute approximate surface area is 144 Å². The van der Waals surface area contributed by atoms with Gasteiger partial charge in [-0.25, -0.2) is 0 Å². The van der Waals surface area contributed by atoms with Gasteiger partial charge in [-0.05, 0) is 53.8 Å². The predicted octanol–water partition coefficient (Wildman–Crippen LogP) is 5.21. The molecule has 0 aliphatic heterocycles. The Morgan fingerprint density at radius 3 is 2.54 bits per heavy atom. The lowest BCUT2D eigenvalue weighted by Crippen LogP contribution is -2.09. The Kier molecular flexibility index (Phi) is 5.57. The zero-order chi connectivity index (χ0) is 16.4. The highest BCUT2D eigenvalue weighted by Crippen LogP contribution is 2.38. The molecule has 6 heteroatoms. The number of hydrogen-bond acceptors (Lipinski definition) is 2. The van der Waals surface area contributed by atoms with E-state index in [4.69, 9.17) is 10.5 Å². The Hall–Kier alpha value is -1.98. The Bertz CT molecular complexity index is 756. The van der Waals surface area contributed by atoms with E-state index in [-0.39, 0.29) is 18.2 Å². The van der Waals surface area contributed by atoms with Crippen molar-refractivity contribution in [3.8, 4) is 11.5 Å². The van der Waals surface area contributed by atoms with E-state index in [1.807, 2.05) is 6.07 Å². The van der Waals surface area contributed by atoms with Crippen molar-refractivity contribution < 1.29 is 17.9 Å². The fourth-order valence-corrected chi connectivity index (χ4v) is 2.78. The average Bonchev–Trinajstić information content (AvgIpc) is 2.53. The number of hydrogen-bond donors (Lipinski definition) is 1. The van der Waals surface area contributed by atoms with Gasteiger partial charge in [-0.2, -0.15) is 13.2 Å². The van der Waals surface area contributed by atoms with Gasteiger partial charge in [0.05, 0.1) is 5.56 Å². The van der Waals surface area contributed by atoms with E-state index in [2.05, 4.69) is 6.08 Å². The second-order valence-corrected chi connectivity index (χ2v) is 5.39. The zero-order valence-electron chi connectivity index (χ0n) is 12.8. The summed E-state index contributed by atoms with van der Waals surface area (Å²) in [4.78, 5) is 0. The van der Waals surface area contributed by atoms with Crippen LogP contribution in [0.4, 0.5) is 13.2 Å². The van der Waals surface area contributed by atoms with Gasteiger partial charge in [0, 0.05) is 6.54 Å². The topological polar surface area (TPSA) is 35.2 Å². The number of nitrogens with two attached hydrogens (primary N) is 1. The lowest BCUT2D eigenvalue weighted by atomic mass is 9.91. The number of rotatable bonds is 3. The van der Waals surface area contributed by atoms with Crippen molar-refractivity contribution >= 4 is 18.0 Å². The van der Waals surface area contributed by atoms with Crippen LogP contribution in [0.1, 0.15) is 23.1 Å². The zero-order valence-corrected chi connectivity index (χ0v) is 13.6. The molecule has 2 nitrogen and oxygen atoms in total. The van der Waals surface area contributed by atoms with Gasteiger partial charge in [-0.15, -0.1) is 12.4 Å². The first-order valence-electron chi connectivity index (χ1n) is 7.35. The maximum absolute atomic E-state index is 13.0. The minimum atomic E-state index is -4.44. The predicted molar refractivity (Wildman–Crippen MR) is 90.6 cm³/mol. The summed E-state index contributed by atoms with van der Waals surface area (Å²) < 4.78 is 44.6. The molecule has 3 rings (SSSR count). The number of allylic oxidation sites excluding steroid dienone is 1. The fraction of sp³-hybridized carbons (Fsp3) is 0.222. The van der Waals surface area contributed by atoms with Crippen LogP contribution in [0.25, 0.3) is 5.57 Å². The van der Waals surface area contributed by atoms with Crippen LogP contribution in [0, 0.1) is 0 Å². The lowest BCUT2D eigenvalue weighted by Gasteiger charge is -2.19. The molecule has 1 aliphatic carbocycles. The molecule has 0 fully saturated rings. The summed E-state index contributed by atoms with van der Waals surface area (Å²) in [5, 5.41) is 0. The summed E-state index contributed by atoms with van der Waals surface area (Å²) >= 11 is 0. The summed E-state index contributed by atoms with van der Waals surface area (Å²) in [5.74, 6) is 0.212. The standard InChI is InChI=1S/C18H16F3NO.ClH/c19-18(20,21)16-6-1-2-7-17(16)23-14-8-9-15-12(10-14)4-3-5-13(15)11-22;/h1-2,5-10H,3-4,11,22H2;1H. The van der Waals surface area contributed by atoms with Crippen LogP contribution in [0.3, 0.4) is 0 Å². The first-order chi connectivity index (χ1) is 11.0. The van der Waals surface area contributed by atoms with E-state index in [9.17, 15) is 13.2 Å². The van der Waals surface area contributed by atoms with Crippen LogP contribution in [-0.2, 0) is 12.6 Å². The summed E-state index contributed by atoms with van der Waals surface area (Å²) in [6.45, 7) is 0.449. The molecule has 0 saturated heterocycles. The van der Waals surface area contributed by atoms with Crippen LogP contribution in [0.15, 0.2) is 48.5 Å². The van der Waals surface area contributed by atoms with E-state index in [1.165, 1.54) is 18.2 Å². The van der Waals surface area contributed by atoms with Gasteiger partial charge in [0.1, 0.15) is 11.5 Å². The SMILES string of the molecule is Cl.NCC1=CCCc2cc(Oc3ccccc3C(F)(F)F)ccc21. The number of benzene rings is 2. The van der Waals surface area contributed by atoms with Crippen molar-refractivity contribution in [2.45, 2.75) is 19.0 Å². The van der Waals surface area contributed by atoms with Crippen LogP contribution < -0.4 is 10.5 Å². The van der Waals surface area contributed by atoms with Crippen molar-refractivity contribution in [1.29, 1.82) is 0 Å². The highest BCUT2D eigenvalue weighted by molar-refractivity contribution is 5.85. The number of para-hydroxylation sites is 1. The highest BCUT2D eigenvalue weighted by atomic mass is 35.5. The molecule has 0 aromatic heterocycles. The summed E-state index contributed by atoms with van der Waals surface area (Å²) in [7, 11) is 0. The number of halogens is 4. The van der Waals surface area contributed by atoms with Gasteiger partial charge in [0.15, 0.2) is 0 Å². The minimum Gasteiger partial charge on any atom is -0.457 e. The number of alkyl halides is 3. The second-order valence-electron chi connectivity index (χ2n) is 5.39. The molecule has 0 unspecified atom stereocenters. The molecule has 0 saturated carbocycles. The van der Waals surface area contributed by atoms with Crippen molar-refractivity contribution in [3.63, 3.8) is 0 Å². The summed E-state index contributed by atoms with van der Waals surface area (Å²) in [6, 6.07) is 10.6.